The first-order valence-corrected chi connectivity index (χ1v) is 6.68. The topological polar surface area (TPSA) is 60.2 Å². The van der Waals surface area contributed by atoms with Crippen LogP contribution in [0.3, 0.4) is 0 Å². The molecule has 7 heteroatoms. The van der Waals surface area contributed by atoms with Gasteiger partial charge in [-0.15, -0.1) is 0 Å². The molecule has 0 atom stereocenters. The molecular weight excluding hydrogens is 267 g/mol. The van der Waals surface area contributed by atoms with Crippen LogP contribution in [-0.4, -0.2) is 15.0 Å². The van der Waals surface area contributed by atoms with Crippen molar-refractivity contribution in [3.63, 3.8) is 0 Å². The quantitative estimate of drug-likeness (QED) is 0.901. The van der Waals surface area contributed by atoms with Crippen molar-refractivity contribution in [2.24, 2.45) is 5.73 Å². The molecule has 98 valence electrons. The molecule has 0 unspecified atom stereocenters. The van der Waals surface area contributed by atoms with Crippen molar-refractivity contribution >= 4 is 15.4 Å². The van der Waals surface area contributed by atoms with Gasteiger partial charge in [0.25, 0.3) is 0 Å². The molecule has 0 radical (unpaired) electrons. The van der Waals surface area contributed by atoms with E-state index in [4.69, 9.17) is 5.73 Å². The number of rotatable bonds is 2. The van der Waals surface area contributed by atoms with Crippen LogP contribution in [0.15, 0.2) is 28.5 Å². The maximum Gasteiger partial charge on any atom is 0.417 e. The van der Waals surface area contributed by atoms with E-state index in [0.717, 1.165) is 11.5 Å². The van der Waals surface area contributed by atoms with Crippen molar-refractivity contribution in [1.29, 1.82) is 0 Å². The van der Waals surface area contributed by atoms with Crippen LogP contribution in [0.2, 0.25) is 0 Å². The van der Waals surface area contributed by atoms with E-state index in [1.54, 1.807) is 0 Å². The van der Waals surface area contributed by atoms with Gasteiger partial charge in [-0.3, -0.25) is 0 Å². The second-order valence-electron chi connectivity index (χ2n) is 3.91. The fourth-order valence-corrected chi connectivity index (χ4v) is 3.71. The highest BCUT2D eigenvalue weighted by Crippen LogP contribution is 2.43. The standard InChI is InChI=1S/C11H10F3NO2S/c12-11(13,14)9-3-1-2-8-7(4-5-15)6-18(16,17)10(8)9/h1-3,6H,4-5,15H2. The molecule has 1 heterocycles. The van der Waals surface area contributed by atoms with Crippen LogP contribution >= 0.6 is 0 Å². The van der Waals surface area contributed by atoms with Crippen molar-refractivity contribution < 1.29 is 21.6 Å². The Labute approximate surface area is 102 Å². The number of halogens is 3. The van der Waals surface area contributed by atoms with Gasteiger partial charge < -0.3 is 5.73 Å². The van der Waals surface area contributed by atoms with Crippen molar-refractivity contribution in [3.05, 3.63) is 34.7 Å². The Hall–Kier alpha value is -1.34. The summed E-state index contributed by atoms with van der Waals surface area (Å²) in [6.07, 6.45) is -4.46. The zero-order valence-electron chi connectivity index (χ0n) is 9.16. The Bertz CT molecular complexity index is 618. The molecule has 0 aliphatic carbocycles. The van der Waals surface area contributed by atoms with Crippen LogP contribution in [0.5, 0.6) is 0 Å². The van der Waals surface area contributed by atoms with Crippen LogP contribution in [0.1, 0.15) is 17.5 Å². The maximum absolute atomic E-state index is 12.8. The molecule has 0 saturated heterocycles. The van der Waals surface area contributed by atoms with Crippen LogP contribution in [0, 0.1) is 0 Å². The summed E-state index contributed by atoms with van der Waals surface area (Å²) in [5.74, 6) is 0. The van der Waals surface area contributed by atoms with E-state index in [9.17, 15) is 21.6 Å². The number of nitrogens with two attached hydrogens (primary N) is 1. The van der Waals surface area contributed by atoms with E-state index >= 15 is 0 Å². The van der Waals surface area contributed by atoms with Crippen LogP contribution in [-0.2, 0) is 16.0 Å². The van der Waals surface area contributed by atoms with Crippen LogP contribution in [0.4, 0.5) is 13.2 Å². The summed E-state index contributed by atoms with van der Waals surface area (Å²) in [6.45, 7) is 0.178. The second-order valence-corrected chi connectivity index (χ2v) is 5.64. The van der Waals surface area contributed by atoms with Gasteiger partial charge in [0.15, 0.2) is 0 Å². The lowest BCUT2D eigenvalue weighted by Gasteiger charge is -2.12. The van der Waals surface area contributed by atoms with Crippen molar-refractivity contribution in [2.45, 2.75) is 17.5 Å². The Morgan fingerprint density at radius 2 is 1.89 bits per heavy atom. The Morgan fingerprint density at radius 3 is 2.44 bits per heavy atom. The minimum Gasteiger partial charge on any atom is -0.330 e. The predicted molar refractivity (Wildman–Crippen MR) is 60.3 cm³/mol. The third-order valence-electron chi connectivity index (χ3n) is 2.66. The zero-order valence-corrected chi connectivity index (χ0v) is 9.98. The highest BCUT2D eigenvalue weighted by atomic mass is 32.2. The molecule has 0 amide bonds. The summed E-state index contributed by atoms with van der Waals surface area (Å²) < 4.78 is 61.9. The highest BCUT2D eigenvalue weighted by molar-refractivity contribution is 7.95. The first-order chi connectivity index (χ1) is 8.27. The van der Waals surface area contributed by atoms with Gasteiger partial charge in [0, 0.05) is 5.41 Å². The van der Waals surface area contributed by atoms with Gasteiger partial charge >= 0.3 is 6.18 Å². The summed E-state index contributed by atoms with van der Waals surface area (Å²) in [5, 5.41) is 0.875. The van der Waals surface area contributed by atoms with E-state index in [0.29, 0.717) is 5.57 Å². The summed E-state index contributed by atoms with van der Waals surface area (Å²) in [6, 6.07) is 3.35. The lowest BCUT2D eigenvalue weighted by Crippen LogP contribution is -2.11. The predicted octanol–water partition coefficient (Wildman–Crippen LogP) is 2.18. The molecule has 0 fully saturated rings. The number of benzene rings is 1. The number of alkyl halides is 3. The molecule has 2 N–H and O–H groups in total. The fourth-order valence-electron chi connectivity index (χ4n) is 1.98. The molecule has 18 heavy (non-hydrogen) atoms. The lowest BCUT2D eigenvalue weighted by molar-refractivity contribution is -0.139. The summed E-state index contributed by atoms with van der Waals surface area (Å²) in [7, 11) is -4.03. The van der Waals surface area contributed by atoms with Gasteiger partial charge in [-0.2, -0.15) is 13.2 Å². The first kappa shape index (κ1) is 13.1. The van der Waals surface area contributed by atoms with E-state index in [-0.39, 0.29) is 18.5 Å². The largest absolute Gasteiger partial charge is 0.417 e. The molecule has 2 rings (SSSR count). The number of hydrogen-bond donors (Lipinski definition) is 1. The van der Waals surface area contributed by atoms with Crippen molar-refractivity contribution in [3.8, 4) is 0 Å². The third kappa shape index (κ3) is 2.04. The third-order valence-corrected chi connectivity index (χ3v) is 4.27. The molecule has 1 aliphatic rings. The smallest absolute Gasteiger partial charge is 0.330 e. The molecular formula is C11H10F3NO2S. The first-order valence-electron chi connectivity index (χ1n) is 5.13. The number of fused-ring (bicyclic) bond motifs is 1. The van der Waals surface area contributed by atoms with Crippen molar-refractivity contribution in [2.75, 3.05) is 6.54 Å². The minimum absolute atomic E-state index is 0.107. The normalized spacial score (nSPS) is 17.4. The number of hydrogen-bond acceptors (Lipinski definition) is 3. The van der Waals surface area contributed by atoms with Gasteiger partial charge in [-0.25, -0.2) is 8.42 Å². The molecule has 1 aromatic carbocycles. The minimum atomic E-state index is -4.69. The SMILES string of the molecule is NCCC1=CS(=O)(=O)c2c1cccc2C(F)(F)F. The monoisotopic (exact) mass is 277 g/mol. The summed E-state index contributed by atoms with van der Waals surface area (Å²) >= 11 is 0. The molecule has 3 nitrogen and oxygen atoms in total. The van der Waals surface area contributed by atoms with Gasteiger partial charge in [0.05, 0.1) is 10.5 Å². The van der Waals surface area contributed by atoms with E-state index in [2.05, 4.69) is 0 Å². The molecule has 0 spiro atoms. The fraction of sp³-hybridized carbons (Fsp3) is 0.273. The Balaban J connectivity index is 2.71. The van der Waals surface area contributed by atoms with Crippen molar-refractivity contribution in [1.82, 2.24) is 0 Å². The van der Waals surface area contributed by atoms with Crippen LogP contribution in [0.25, 0.3) is 5.57 Å². The van der Waals surface area contributed by atoms with E-state index < -0.39 is 26.5 Å². The Morgan fingerprint density at radius 1 is 1.22 bits per heavy atom. The number of sulfone groups is 1. The summed E-state index contributed by atoms with van der Waals surface area (Å²) in [5.41, 5.74) is 4.64. The Kier molecular flexibility index (Phi) is 2.98. The van der Waals surface area contributed by atoms with E-state index in [1.165, 1.54) is 12.1 Å². The van der Waals surface area contributed by atoms with Gasteiger partial charge in [0.1, 0.15) is 0 Å². The molecule has 0 saturated carbocycles. The molecule has 0 bridgehead atoms. The van der Waals surface area contributed by atoms with Gasteiger partial charge in [-0.1, -0.05) is 12.1 Å². The zero-order chi connectivity index (χ0) is 13.6. The molecule has 0 aromatic heterocycles. The molecule has 1 aliphatic heterocycles. The summed E-state index contributed by atoms with van der Waals surface area (Å²) in [4.78, 5) is -0.652. The van der Waals surface area contributed by atoms with Gasteiger partial charge in [-0.05, 0) is 30.2 Å². The maximum atomic E-state index is 12.8. The highest BCUT2D eigenvalue weighted by Gasteiger charge is 2.40. The molecule has 1 aromatic rings. The average Bonchev–Trinajstić information content (AvgIpc) is 2.50. The van der Waals surface area contributed by atoms with Crippen LogP contribution < -0.4 is 5.73 Å². The van der Waals surface area contributed by atoms with Gasteiger partial charge in [0.2, 0.25) is 9.84 Å². The van der Waals surface area contributed by atoms with E-state index in [1.807, 2.05) is 0 Å². The second kappa shape index (κ2) is 4.10. The lowest BCUT2D eigenvalue weighted by atomic mass is 10.0. The average molecular weight is 277 g/mol.